The number of nitrogens with one attached hydrogen (secondary N) is 1. The molecular weight excluding hydrogens is 538 g/mol. The van der Waals surface area contributed by atoms with Gasteiger partial charge in [-0.2, -0.15) is 0 Å². The molecule has 41 heavy (non-hydrogen) atoms. The van der Waals surface area contributed by atoms with Crippen molar-refractivity contribution in [3.05, 3.63) is 89.5 Å². The van der Waals surface area contributed by atoms with Gasteiger partial charge in [0, 0.05) is 13.1 Å². The largest absolute Gasteiger partial charge is 0.495 e. The van der Waals surface area contributed by atoms with E-state index in [4.69, 9.17) is 4.74 Å². The van der Waals surface area contributed by atoms with E-state index in [0.717, 1.165) is 33.8 Å². The monoisotopic (exact) mass is 579 g/mol. The summed E-state index contributed by atoms with van der Waals surface area (Å²) in [7, 11) is -2.73. The van der Waals surface area contributed by atoms with Crippen LogP contribution < -0.4 is 14.4 Å². The molecule has 0 aliphatic heterocycles. The maximum absolute atomic E-state index is 14.2. The van der Waals surface area contributed by atoms with Crippen LogP contribution in [0.25, 0.3) is 0 Å². The van der Waals surface area contributed by atoms with Crippen molar-refractivity contribution in [2.75, 3.05) is 24.5 Å². The molecule has 0 saturated heterocycles. The third kappa shape index (κ3) is 8.10. The van der Waals surface area contributed by atoms with Gasteiger partial charge in [-0.05, 0) is 62.1 Å². The van der Waals surface area contributed by atoms with Gasteiger partial charge in [0.25, 0.3) is 10.0 Å². The molecule has 0 spiro atoms. The van der Waals surface area contributed by atoms with Crippen LogP contribution in [-0.4, -0.2) is 51.4 Å². The molecule has 9 heteroatoms. The molecule has 0 radical (unpaired) electrons. The fraction of sp³-hybridized carbons (Fsp3) is 0.375. The molecule has 3 aromatic rings. The minimum absolute atomic E-state index is 0.0541. The predicted octanol–water partition coefficient (Wildman–Crippen LogP) is 5.23. The first-order valence-electron chi connectivity index (χ1n) is 14.0. The van der Waals surface area contributed by atoms with Gasteiger partial charge >= 0.3 is 0 Å². The molecular formula is C32H41N3O5S. The molecule has 0 aliphatic rings. The van der Waals surface area contributed by atoms with Crippen molar-refractivity contribution in [2.45, 2.75) is 64.4 Å². The Labute approximate surface area is 244 Å². The highest BCUT2D eigenvalue weighted by Gasteiger charge is 2.34. The van der Waals surface area contributed by atoms with Crippen LogP contribution in [0.4, 0.5) is 5.69 Å². The molecule has 0 fully saturated rings. The van der Waals surface area contributed by atoms with Crippen molar-refractivity contribution >= 4 is 27.5 Å². The molecule has 0 bridgehead atoms. The second kappa shape index (κ2) is 14.7. The molecule has 1 atom stereocenters. The molecule has 0 aliphatic carbocycles. The first kappa shape index (κ1) is 31.7. The van der Waals surface area contributed by atoms with E-state index in [2.05, 4.69) is 5.32 Å². The number of aryl methyl sites for hydroxylation is 2. The molecule has 0 unspecified atom stereocenters. The van der Waals surface area contributed by atoms with Gasteiger partial charge in [0.05, 0.1) is 17.7 Å². The molecule has 0 saturated carbocycles. The van der Waals surface area contributed by atoms with Crippen molar-refractivity contribution in [1.82, 2.24) is 10.2 Å². The second-order valence-electron chi connectivity index (χ2n) is 10.1. The lowest BCUT2D eigenvalue weighted by atomic mass is 10.1. The van der Waals surface area contributed by atoms with Gasteiger partial charge < -0.3 is 15.0 Å². The SMILES string of the molecule is CCCCNC(=O)[C@@H](CC)N(Cc1ccccc1)C(=O)CN(c1cc(C)ccc1OC)S(=O)(=O)c1ccc(C)cc1. The first-order valence-corrected chi connectivity index (χ1v) is 15.4. The van der Waals surface area contributed by atoms with Crippen LogP contribution in [0.3, 0.4) is 0 Å². The number of amides is 2. The summed E-state index contributed by atoms with van der Waals surface area (Å²) in [6.45, 7) is 7.76. The van der Waals surface area contributed by atoms with Crippen LogP contribution in [0.5, 0.6) is 5.75 Å². The fourth-order valence-corrected chi connectivity index (χ4v) is 5.97. The van der Waals surface area contributed by atoms with E-state index in [0.29, 0.717) is 18.7 Å². The summed E-state index contributed by atoms with van der Waals surface area (Å²) < 4.78 is 34.8. The topological polar surface area (TPSA) is 96.0 Å². The zero-order chi connectivity index (χ0) is 30.0. The number of rotatable bonds is 14. The zero-order valence-corrected chi connectivity index (χ0v) is 25.4. The number of hydrogen-bond donors (Lipinski definition) is 1. The minimum Gasteiger partial charge on any atom is -0.495 e. The number of carbonyl (C=O) groups excluding carboxylic acids is 2. The highest BCUT2D eigenvalue weighted by atomic mass is 32.2. The Hall–Kier alpha value is -3.85. The van der Waals surface area contributed by atoms with Gasteiger partial charge in [-0.25, -0.2) is 8.42 Å². The number of anilines is 1. The van der Waals surface area contributed by atoms with Crippen molar-refractivity contribution in [3.63, 3.8) is 0 Å². The molecule has 220 valence electrons. The van der Waals surface area contributed by atoms with Gasteiger partial charge in [-0.1, -0.05) is 74.4 Å². The summed E-state index contributed by atoms with van der Waals surface area (Å²) in [4.78, 5) is 29.0. The van der Waals surface area contributed by atoms with E-state index in [9.17, 15) is 18.0 Å². The van der Waals surface area contributed by atoms with Crippen LogP contribution >= 0.6 is 0 Å². The average Bonchev–Trinajstić information content (AvgIpc) is 2.96. The van der Waals surface area contributed by atoms with Gasteiger partial charge in [-0.3, -0.25) is 13.9 Å². The third-order valence-corrected chi connectivity index (χ3v) is 8.68. The summed E-state index contributed by atoms with van der Waals surface area (Å²) in [6, 6.07) is 20.3. The first-order chi connectivity index (χ1) is 19.6. The summed E-state index contributed by atoms with van der Waals surface area (Å²) >= 11 is 0. The van der Waals surface area contributed by atoms with Gasteiger partial charge in [-0.15, -0.1) is 0 Å². The number of sulfonamides is 1. The Kier molecular flexibility index (Phi) is 11.3. The standard InChI is InChI=1S/C32H41N3O5S/c1-6-8-20-33-32(37)28(7-2)34(22-26-12-10-9-11-13-26)31(36)23-35(29-21-25(4)16-19-30(29)40-5)41(38,39)27-17-14-24(3)15-18-27/h9-19,21,28H,6-8,20,22-23H2,1-5H3,(H,33,37)/t28-/m1/s1. The number of unbranched alkanes of at least 4 members (excludes halogenated alkanes) is 1. The fourth-order valence-electron chi connectivity index (χ4n) is 4.55. The van der Waals surface area contributed by atoms with Crippen molar-refractivity contribution in [2.24, 2.45) is 0 Å². The Morgan fingerprint density at radius 1 is 0.927 bits per heavy atom. The second-order valence-corrected chi connectivity index (χ2v) is 11.9. The number of carbonyl (C=O) groups is 2. The molecule has 3 rings (SSSR count). The van der Waals surface area contributed by atoms with Crippen molar-refractivity contribution in [1.29, 1.82) is 0 Å². The van der Waals surface area contributed by atoms with Crippen LogP contribution in [0.2, 0.25) is 0 Å². The smallest absolute Gasteiger partial charge is 0.264 e. The third-order valence-electron chi connectivity index (χ3n) is 6.90. The normalized spacial score (nSPS) is 11.9. The van der Waals surface area contributed by atoms with Gasteiger partial charge in [0.1, 0.15) is 18.3 Å². The average molecular weight is 580 g/mol. The highest BCUT2D eigenvalue weighted by Crippen LogP contribution is 2.34. The summed E-state index contributed by atoms with van der Waals surface area (Å²) in [6.07, 6.45) is 2.12. The van der Waals surface area contributed by atoms with E-state index in [-0.39, 0.29) is 23.0 Å². The molecule has 1 N–H and O–H groups in total. The Morgan fingerprint density at radius 2 is 1.59 bits per heavy atom. The number of benzene rings is 3. The lowest BCUT2D eigenvalue weighted by Gasteiger charge is -2.33. The van der Waals surface area contributed by atoms with Crippen LogP contribution in [0, 0.1) is 13.8 Å². The lowest BCUT2D eigenvalue weighted by molar-refractivity contribution is -0.140. The maximum Gasteiger partial charge on any atom is 0.264 e. The number of ether oxygens (including phenoxy) is 1. The molecule has 0 aromatic heterocycles. The van der Waals surface area contributed by atoms with Crippen molar-refractivity contribution in [3.8, 4) is 5.75 Å². The van der Waals surface area contributed by atoms with E-state index in [1.54, 1.807) is 24.3 Å². The maximum atomic E-state index is 14.2. The summed E-state index contributed by atoms with van der Waals surface area (Å²) in [5.41, 5.74) is 2.80. The highest BCUT2D eigenvalue weighted by molar-refractivity contribution is 7.92. The number of hydrogen-bond acceptors (Lipinski definition) is 5. The van der Waals surface area contributed by atoms with Gasteiger partial charge in [0.2, 0.25) is 11.8 Å². The van der Waals surface area contributed by atoms with Crippen molar-refractivity contribution < 1.29 is 22.7 Å². The molecule has 8 nitrogen and oxygen atoms in total. The number of methoxy groups -OCH3 is 1. The summed E-state index contributed by atoms with van der Waals surface area (Å²) in [5.74, 6) is -0.435. The van der Waals surface area contributed by atoms with E-state index in [1.807, 2.05) is 64.1 Å². The predicted molar refractivity (Wildman–Crippen MR) is 162 cm³/mol. The summed E-state index contributed by atoms with van der Waals surface area (Å²) in [5, 5.41) is 2.94. The van der Waals surface area contributed by atoms with Gasteiger partial charge in [0.15, 0.2) is 0 Å². The zero-order valence-electron chi connectivity index (χ0n) is 24.6. The van der Waals surface area contributed by atoms with Crippen LogP contribution in [-0.2, 0) is 26.2 Å². The molecule has 2 amide bonds. The molecule has 3 aromatic carbocycles. The Bertz CT molecular complexity index is 1410. The Balaban J connectivity index is 2.09. The molecule has 0 heterocycles. The lowest BCUT2D eigenvalue weighted by Crippen LogP contribution is -2.52. The quantitative estimate of drug-likeness (QED) is 0.264. The van der Waals surface area contributed by atoms with E-state index >= 15 is 0 Å². The minimum atomic E-state index is -4.19. The van der Waals surface area contributed by atoms with E-state index in [1.165, 1.54) is 24.1 Å². The van der Waals surface area contributed by atoms with E-state index < -0.39 is 28.5 Å². The Morgan fingerprint density at radius 3 is 2.20 bits per heavy atom. The van der Waals surface area contributed by atoms with Crippen LogP contribution in [0.15, 0.2) is 77.7 Å². The number of nitrogens with zero attached hydrogens (tertiary/aromatic N) is 2. The van der Waals surface area contributed by atoms with Crippen LogP contribution in [0.1, 0.15) is 49.8 Å².